The Hall–Kier alpha value is -1.71. The zero-order valence-corrected chi connectivity index (χ0v) is 5.78. The molecule has 0 saturated carbocycles. The smallest absolute Gasteiger partial charge is 0.210 e. The van der Waals surface area contributed by atoms with Gasteiger partial charge in [-0.25, -0.2) is 4.98 Å². The van der Waals surface area contributed by atoms with Gasteiger partial charge in [0.25, 0.3) is 0 Å². The lowest BCUT2D eigenvalue weighted by Crippen LogP contribution is -2.04. The van der Waals surface area contributed by atoms with Crippen molar-refractivity contribution in [2.45, 2.75) is 0 Å². The summed E-state index contributed by atoms with van der Waals surface area (Å²) in [6, 6.07) is 5.81. The van der Waals surface area contributed by atoms with Crippen molar-refractivity contribution in [3.63, 3.8) is 0 Å². The molecule has 11 heavy (non-hydrogen) atoms. The lowest BCUT2D eigenvalue weighted by molar-refractivity contribution is -0.364. The van der Waals surface area contributed by atoms with Crippen LogP contribution in [-0.2, 0) is 0 Å². The first-order valence-corrected chi connectivity index (χ1v) is 3.30. The summed E-state index contributed by atoms with van der Waals surface area (Å²) in [5.74, 6) is 0. The molecule has 0 unspecified atom stereocenters. The molecule has 2 aromatic heterocycles. The molecule has 2 rings (SSSR count). The molecule has 0 spiro atoms. The van der Waals surface area contributed by atoms with E-state index in [1.54, 1.807) is 6.20 Å². The molecule has 0 bridgehead atoms. The molecule has 0 atom stereocenters. The molecule has 2 N–H and O–H groups in total. The average Bonchev–Trinajstić information content (AvgIpc) is 2.58. The van der Waals surface area contributed by atoms with Crippen LogP contribution in [0.25, 0.3) is 11.4 Å². The van der Waals surface area contributed by atoms with Crippen molar-refractivity contribution in [2.75, 3.05) is 0 Å². The van der Waals surface area contributed by atoms with E-state index < -0.39 is 0 Å². The number of aromatic amines is 2. The lowest BCUT2D eigenvalue weighted by atomic mass is 10.3. The fraction of sp³-hybridized carbons (Fsp3) is 0. The van der Waals surface area contributed by atoms with Crippen LogP contribution in [0.2, 0.25) is 0 Å². The molecule has 0 fully saturated rings. The fourth-order valence-electron chi connectivity index (χ4n) is 0.884. The Morgan fingerprint density at radius 1 is 1.36 bits per heavy atom. The summed E-state index contributed by atoms with van der Waals surface area (Å²) in [4.78, 5) is 3.05. The van der Waals surface area contributed by atoms with Crippen LogP contribution in [-0.4, -0.2) is 15.4 Å². The van der Waals surface area contributed by atoms with Crippen molar-refractivity contribution in [1.82, 2.24) is 15.4 Å². The SMILES string of the molecule is c1ccc(-c2cn[nH]n2)[nH+]c1. The first kappa shape index (κ1) is 6.03. The molecule has 0 aliphatic heterocycles. The van der Waals surface area contributed by atoms with E-state index in [1.807, 2.05) is 24.4 Å². The minimum atomic E-state index is 0.825. The number of rotatable bonds is 1. The Balaban J connectivity index is 2.46. The largest absolute Gasteiger partial charge is 0.232 e. The molecule has 2 aromatic rings. The highest BCUT2D eigenvalue weighted by molar-refractivity contribution is 5.46. The molecule has 0 aromatic carbocycles. The van der Waals surface area contributed by atoms with Crippen molar-refractivity contribution in [3.05, 3.63) is 30.6 Å². The van der Waals surface area contributed by atoms with Gasteiger partial charge in [-0.2, -0.15) is 10.3 Å². The van der Waals surface area contributed by atoms with Crippen molar-refractivity contribution in [1.29, 1.82) is 0 Å². The van der Waals surface area contributed by atoms with Crippen LogP contribution in [0.3, 0.4) is 0 Å². The van der Waals surface area contributed by atoms with Crippen LogP contribution in [0.5, 0.6) is 0 Å². The number of nitrogens with zero attached hydrogens (tertiary/aromatic N) is 2. The third-order valence-electron chi connectivity index (χ3n) is 1.40. The summed E-state index contributed by atoms with van der Waals surface area (Å²) in [7, 11) is 0. The van der Waals surface area contributed by atoms with Crippen LogP contribution in [0.4, 0.5) is 0 Å². The minimum absolute atomic E-state index is 0.825. The Morgan fingerprint density at radius 3 is 3.00 bits per heavy atom. The van der Waals surface area contributed by atoms with Crippen molar-refractivity contribution >= 4 is 0 Å². The Bertz CT molecular complexity index is 313. The van der Waals surface area contributed by atoms with Crippen molar-refractivity contribution in [3.8, 4) is 11.4 Å². The highest BCUT2D eigenvalue weighted by atomic mass is 15.3. The molecule has 0 saturated heterocycles. The summed E-state index contributed by atoms with van der Waals surface area (Å²) >= 11 is 0. The predicted molar refractivity (Wildman–Crippen MR) is 38.4 cm³/mol. The second-order valence-electron chi connectivity index (χ2n) is 2.13. The van der Waals surface area contributed by atoms with E-state index in [0.717, 1.165) is 11.4 Å². The second-order valence-corrected chi connectivity index (χ2v) is 2.13. The molecule has 0 aliphatic rings. The van der Waals surface area contributed by atoms with E-state index in [9.17, 15) is 0 Å². The van der Waals surface area contributed by atoms with E-state index in [0.29, 0.717) is 0 Å². The van der Waals surface area contributed by atoms with Crippen LogP contribution in [0.1, 0.15) is 0 Å². The maximum absolute atomic E-state index is 3.92. The Kier molecular flexibility index (Phi) is 1.37. The van der Waals surface area contributed by atoms with Gasteiger partial charge in [0, 0.05) is 12.1 Å². The predicted octanol–water partition coefficient (Wildman–Crippen LogP) is 0.286. The zero-order chi connectivity index (χ0) is 7.52. The van der Waals surface area contributed by atoms with Gasteiger partial charge in [-0.3, -0.25) is 0 Å². The number of aromatic nitrogens is 4. The van der Waals surface area contributed by atoms with Crippen LogP contribution in [0, 0.1) is 0 Å². The maximum Gasteiger partial charge on any atom is 0.232 e. The average molecular weight is 147 g/mol. The van der Waals surface area contributed by atoms with Gasteiger partial charge >= 0.3 is 0 Å². The molecule has 4 nitrogen and oxygen atoms in total. The molecule has 4 heteroatoms. The van der Waals surface area contributed by atoms with Crippen LogP contribution >= 0.6 is 0 Å². The molecular weight excluding hydrogens is 140 g/mol. The molecule has 54 valence electrons. The molecule has 2 heterocycles. The fourth-order valence-corrected chi connectivity index (χ4v) is 0.884. The van der Waals surface area contributed by atoms with E-state index in [2.05, 4.69) is 20.4 Å². The second kappa shape index (κ2) is 2.49. The summed E-state index contributed by atoms with van der Waals surface area (Å²) < 4.78 is 0. The molecule has 0 radical (unpaired) electrons. The first-order valence-electron chi connectivity index (χ1n) is 3.30. The van der Waals surface area contributed by atoms with Crippen LogP contribution < -0.4 is 4.98 Å². The summed E-state index contributed by atoms with van der Waals surface area (Å²) in [6.07, 6.45) is 3.52. The van der Waals surface area contributed by atoms with Crippen molar-refractivity contribution in [2.24, 2.45) is 0 Å². The minimum Gasteiger partial charge on any atom is -0.210 e. The molecule has 0 amide bonds. The van der Waals surface area contributed by atoms with E-state index in [1.165, 1.54) is 0 Å². The zero-order valence-electron chi connectivity index (χ0n) is 5.78. The summed E-state index contributed by atoms with van der Waals surface area (Å²) in [5.41, 5.74) is 1.78. The highest BCUT2D eigenvalue weighted by Crippen LogP contribution is 2.05. The van der Waals surface area contributed by atoms with Gasteiger partial charge in [0.05, 0.1) is 6.20 Å². The van der Waals surface area contributed by atoms with Gasteiger partial charge in [0.1, 0.15) is 0 Å². The van der Waals surface area contributed by atoms with Gasteiger partial charge in [0.2, 0.25) is 5.69 Å². The maximum atomic E-state index is 3.92. The third-order valence-corrected chi connectivity index (χ3v) is 1.40. The van der Waals surface area contributed by atoms with Gasteiger partial charge < -0.3 is 0 Å². The van der Waals surface area contributed by atoms with Gasteiger partial charge in [-0.05, 0) is 6.07 Å². The van der Waals surface area contributed by atoms with Gasteiger partial charge in [0.15, 0.2) is 11.9 Å². The van der Waals surface area contributed by atoms with E-state index in [4.69, 9.17) is 0 Å². The quantitative estimate of drug-likeness (QED) is 0.630. The van der Waals surface area contributed by atoms with E-state index >= 15 is 0 Å². The number of nitrogens with one attached hydrogen (secondary N) is 2. The number of H-pyrrole nitrogens is 2. The van der Waals surface area contributed by atoms with Gasteiger partial charge in [-0.1, -0.05) is 0 Å². The molecular formula is C7H7N4+. The van der Waals surface area contributed by atoms with E-state index in [-0.39, 0.29) is 0 Å². The Labute approximate surface area is 63.3 Å². The summed E-state index contributed by atoms with van der Waals surface area (Å²) in [6.45, 7) is 0. The monoisotopic (exact) mass is 147 g/mol. The third kappa shape index (κ3) is 1.10. The first-order chi connectivity index (χ1) is 5.47. The van der Waals surface area contributed by atoms with Crippen molar-refractivity contribution < 1.29 is 4.98 Å². The number of hydrogen-bond acceptors (Lipinski definition) is 2. The van der Waals surface area contributed by atoms with Gasteiger partial charge in [-0.15, -0.1) is 5.10 Å². The summed E-state index contributed by atoms with van der Waals surface area (Å²) in [5, 5.41) is 10.2. The Morgan fingerprint density at radius 2 is 2.36 bits per heavy atom. The topological polar surface area (TPSA) is 55.7 Å². The highest BCUT2D eigenvalue weighted by Gasteiger charge is 2.04. The van der Waals surface area contributed by atoms with Crippen LogP contribution in [0.15, 0.2) is 30.6 Å². The lowest BCUT2D eigenvalue weighted by Gasteiger charge is -1.83. The molecule has 0 aliphatic carbocycles. The number of hydrogen-bond donors (Lipinski definition) is 1. The standard InChI is InChI=1S/C7H6N4/c1-2-4-8-6(3-1)7-5-9-11-10-7/h1-5H,(H,9,10,11)/p+1. The number of pyridine rings is 1. The normalized spacial score (nSPS) is 9.82.